The molecule has 0 aliphatic heterocycles. The van der Waals surface area contributed by atoms with Crippen molar-refractivity contribution >= 4 is 22.2 Å². The number of benzene rings is 4. The summed E-state index contributed by atoms with van der Waals surface area (Å²) in [5, 5.41) is 0. The van der Waals surface area contributed by atoms with Crippen LogP contribution in [0, 0.1) is 34.9 Å². The molecule has 0 N–H and O–H groups in total. The van der Waals surface area contributed by atoms with Crippen molar-refractivity contribution in [2.45, 2.75) is 12.2 Å². The van der Waals surface area contributed by atoms with Gasteiger partial charge in [0.1, 0.15) is 17.8 Å². The fourth-order valence-corrected chi connectivity index (χ4v) is 3.26. The highest BCUT2D eigenvalue weighted by Gasteiger charge is 2.36. The van der Waals surface area contributed by atoms with Gasteiger partial charge in [-0.25, -0.2) is 26.3 Å². The molecule has 41 heavy (non-hydrogen) atoms. The van der Waals surface area contributed by atoms with Crippen molar-refractivity contribution in [3.05, 3.63) is 129 Å². The molecule has 0 radical (unpaired) electrons. The molecule has 0 unspecified atom stereocenters. The van der Waals surface area contributed by atoms with E-state index in [2.05, 4.69) is 25.4 Å². The van der Waals surface area contributed by atoms with Crippen LogP contribution in [-0.2, 0) is 12.2 Å². The normalized spacial score (nSPS) is 11.4. The second kappa shape index (κ2) is 12.6. The van der Waals surface area contributed by atoms with Gasteiger partial charge in [0, 0.05) is 34.3 Å². The van der Waals surface area contributed by atoms with Crippen molar-refractivity contribution in [2.75, 3.05) is 0 Å². The Hall–Kier alpha value is -4.07. The largest absolute Gasteiger partial charge is 0.429 e. The number of carbonyl (C=O) groups excluding carboxylic acids is 1. The molecule has 0 aromatic heterocycles. The SMILES string of the molecule is Fc1cc(OC(F)(F)c2ccc(Br)cc2)cc(F)c1F.O=Cc1ccc(C(F)(F)Oc2cc(F)c(F)c(F)c2)cc1. The molecule has 0 bridgehead atoms. The van der Waals surface area contributed by atoms with Gasteiger partial charge >= 0.3 is 12.2 Å². The van der Waals surface area contributed by atoms with E-state index in [9.17, 15) is 48.7 Å². The van der Waals surface area contributed by atoms with E-state index in [4.69, 9.17) is 0 Å². The topological polar surface area (TPSA) is 35.5 Å². The predicted molar refractivity (Wildman–Crippen MR) is 128 cm³/mol. The van der Waals surface area contributed by atoms with Gasteiger partial charge < -0.3 is 9.47 Å². The van der Waals surface area contributed by atoms with Crippen molar-refractivity contribution in [1.82, 2.24) is 0 Å². The molecule has 4 rings (SSSR count). The first-order valence-electron chi connectivity index (χ1n) is 10.9. The van der Waals surface area contributed by atoms with E-state index in [1.807, 2.05) is 0 Å². The summed E-state index contributed by atoms with van der Waals surface area (Å²) in [6.07, 6.45) is -7.25. The smallest absolute Gasteiger partial charge is 0.426 e. The number of aldehydes is 1. The molecule has 0 saturated carbocycles. The van der Waals surface area contributed by atoms with Gasteiger partial charge in [0.2, 0.25) is 0 Å². The third-order valence-electron chi connectivity index (χ3n) is 4.97. The van der Waals surface area contributed by atoms with Crippen LogP contribution in [0.25, 0.3) is 0 Å². The standard InChI is InChI=1S/C14H7F5O2.C13H6BrF5O/c15-11-5-10(6-12(16)13(11)17)21-14(18,19)9-3-1-8(7-20)2-4-9;14-8-3-1-7(2-4-8)13(18,19)20-9-5-10(15)12(17)11(16)6-9/h1-7H;1-6H. The zero-order valence-corrected chi connectivity index (χ0v) is 21.5. The Morgan fingerprint density at radius 1 is 0.561 bits per heavy atom. The van der Waals surface area contributed by atoms with Crippen molar-refractivity contribution in [1.29, 1.82) is 0 Å². The van der Waals surface area contributed by atoms with E-state index in [-0.39, 0.29) is 5.56 Å². The van der Waals surface area contributed by atoms with E-state index in [1.165, 1.54) is 12.1 Å². The Labute approximate surface area is 233 Å². The number of ether oxygens (including phenoxy) is 2. The first-order valence-corrected chi connectivity index (χ1v) is 11.7. The van der Waals surface area contributed by atoms with Crippen LogP contribution >= 0.6 is 15.9 Å². The highest BCUT2D eigenvalue weighted by atomic mass is 79.9. The van der Waals surface area contributed by atoms with Gasteiger partial charge in [-0.3, -0.25) is 4.79 Å². The summed E-state index contributed by atoms with van der Waals surface area (Å²) < 4.78 is 141. The average molecular weight is 655 g/mol. The monoisotopic (exact) mass is 654 g/mol. The molecular formula is C27H13BrF10O3. The third kappa shape index (κ3) is 7.99. The van der Waals surface area contributed by atoms with Gasteiger partial charge in [-0.2, -0.15) is 17.6 Å². The maximum Gasteiger partial charge on any atom is 0.426 e. The maximum atomic E-state index is 13.8. The molecule has 0 amide bonds. The van der Waals surface area contributed by atoms with E-state index in [1.54, 1.807) is 0 Å². The fourth-order valence-electron chi connectivity index (χ4n) is 3.00. The molecule has 0 aliphatic carbocycles. The summed E-state index contributed by atoms with van der Waals surface area (Å²) in [5.41, 5.74) is -0.961. The molecular weight excluding hydrogens is 642 g/mol. The highest BCUT2D eigenvalue weighted by Crippen LogP contribution is 2.34. The number of halogens is 11. The molecule has 0 aliphatic rings. The van der Waals surface area contributed by atoms with Gasteiger partial charge in [-0.1, -0.05) is 28.1 Å². The second-order valence-corrected chi connectivity index (χ2v) is 8.80. The van der Waals surface area contributed by atoms with Crippen LogP contribution < -0.4 is 9.47 Å². The Morgan fingerprint density at radius 3 is 1.20 bits per heavy atom. The number of rotatable bonds is 7. The van der Waals surface area contributed by atoms with Crippen LogP contribution in [0.2, 0.25) is 0 Å². The number of hydrogen-bond donors (Lipinski definition) is 0. The van der Waals surface area contributed by atoms with Gasteiger partial charge in [0.25, 0.3) is 0 Å². The minimum absolute atomic E-state index is 0.174. The molecule has 0 fully saturated rings. The molecule has 0 spiro atoms. The van der Waals surface area contributed by atoms with Crippen LogP contribution in [0.4, 0.5) is 43.9 Å². The summed E-state index contributed by atoms with van der Waals surface area (Å²) in [6.45, 7) is 0. The summed E-state index contributed by atoms with van der Waals surface area (Å²) in [6, 6.07) is 10.3. The molecule has 4 aromatic carbocycles. The van der Waals surface area contributed by atoms with Gasteiger partial charge in [0.05, 0.1) is 11.1 Å². The van der Waals surface area contributed by atoms with Crippen LogP contribution in [0.5, 0.6) is 11.5 Å². The molecule has 216 valence electrons. The van der Waals surface area contributed by atoms with E-state index >= 15 is 0 Å². The lowest BCUT2D eigenvalue weighted by molar-refractivity contribution is -0.186. The first kappa shape index (κ1) is 31.5. The third-order valence-corrected chi connectivity index (χ3v) is 5.50. The van der Waals surface area contributed by atoms with Gasteiger partial charge in [-0.15, -0.1) is 0 Å². The van der Waals surface area contributed by atoms with Gasteiger partial charge in [0.15, 0.2) is 34.9 Å². The minimum atomic E-state index is -3.90. The molecule has 4 aromatic rings. The zero-order chi connectivity index (χ0) is 30.5. The highest BCUT2D eigenvalue weighted by molar-refractivity contribution is 9.10. The molecule has 14 heteroatoms. The van der Waals surface area contributed by atoms with E-state index in [0.717, 1.165) is 36.4 Å². The lowest BCUT2D eigenvalue weighted by Crippen LogP contribution is -2.22. The number of hydrogen-bond acceptors (Lipinski definition) is 3. The molecule has 0 saturated heterocycles. The Balaban J connectivity index is 0.000000226. The maximum absolute atomic E-state index is 13.8. The molecule has 0 atom stereocenters. The summed E-state index contributed by atoms with van der Waals surface area (Å²) >= 11 is 3.08. The fraction of sp³-hybridized carbons (Fsp3) is 0.0741. The average Bonchev–Trinajstić information content (AvgIpc) is 2.90. The minimum Gasteiger partial charge on any atom is -0.429 e. The Bertz CT molecular complexity index is 1480. The second-order valence-electron chi connectivity index (χ2n) is 7.89. The van der Waals surface area contributed by atoms with Crippen molar-refractivity contribution in [3.63, 3.8) is 0 Å². The molecule has 0 heterocycles. The molecule has 3 nitrogen and oxygen atoms in total. The van der Waals surface area contributed by atoms with Crippen molar-refractivity contribution in [2.24, 2.45) is 0 Å². The predicted octanol–water partition coefficient (Wildman–Crippen LogP) is 9.04. The van der Waals surface area contributed by atoms with Crippen molar-refractivity contribution < 1.29 is 58.2 Å². The van der Waals surface area contributed by atoms with E-state index < -0.39 is 69.7 Å². The summed E-state index contributed by atoms with van der Waals surface area (Å²) in [5.74, 6) is -11.7. The number of carbonyl (C=O) groups is 1. The zero-order valence-electron chi connectivity index (χ0n) is 19.9. The Morgan fingerprint density at radius 2 is 0.878 bits per heavy atom. The van der Waals surface area contributed by atoms with Gasteiger partial charge in [-0.05, 0) is 36.4 Å². The van der Waals surface area contributed by atoms with Crippen LogP contribution in [0.15, 0.2) is 77.3 Å². The van der Waals surface area contributed by atoms with E-state index in [0.29, 0.717) is 35.0 Å². The summed E-state index contributed by atoms with van der Waals surface area (Å²) in [7, 11) is 0. The number of alkyl halides is 4. The van der Waals surface area contributed by atoms with Crippen LogP contribution in [-0.4, -0.2) is 6.29 Å². The van der Waals surface area contributed by atoms with Crippen LogP contribution in [0.3, 0.4) is 0 Å². The Kier molecular flexibility index (Phi) is 9.69. The lowest BCUT2D eigenvalue weighted by Gasteiger charge is -2.18. The quantitative estimate of drug-likeness (QED) is 0.113. The first-order chi connectivity index (χ1) is 19.1. The van der Waals surface area contributed by atoms with Crippen molar-refractivity contribution in [3.8, 4) is 11.5 Å². The summed E-state index contributed by atoms with van der Waals surface area (Å²) in [4.78, 5) is 10.4. The lowest BCUT2D eigenvalue weighted by atomic mass is 10.1. The van der Waals surface area contributed by atoms with Crippen LogP contribution in [0.1, 0.15) is 21.5 Å².